The second-order valence-corrected chi connectivity index (χ2v) is 6.09. The van der Waals surface area contributed by atoms with E-state index in [9.17, 15) is 5.11 Å². The first-order valence-corrected chi connectivity index (χ1v) is 7.67. The molecule has 0 spiro atoms. The van der Waals surface area contributed by atoms with Crippen molar-refractivity contribution in [3.8, 4) is 0 Å². The molecule has 0 saturated carbocycles. The van der Waals surface area contributed by atoms with Crippen molar-refractivity contribution >= 4 is 39.1 Å². The van der Waals surface area contributed by atoms with Gasteiger partial charge < -0.3 is 10.8 Å². The van der Waals surface area contributed by atoms with Gasteiger partial charge >= 0.3 is 0 Å². The zero-order chi connectivity index (χ0) is 14.7. The van der Waals surface area contributed by atoms with Crippen molar-refractivity contribution in [2.45, 2.75) is 12.0 Å². The van der Waals surface area contributed by atoms with Crippen LogP contribution in [0.1, 0.15) is 23.1 Å². The number of hydrogen-bond donors (Lipinski definition) is 2. The molecule has 2 aromatic carbocycles. The van der Waals surface area contributed by atoms with Gasteiger partial charge in [-0.1, -0.05) is 69.5 Å². The van der Waals surface area contributed by atoms with Gasteiger partial charge in [0.2, 0.25) is 0 Å². The van der Waals surface area contributed by atoms with Gasteiger partial charge in [0.1, 0.15) is 0 Å². The lowest BCUT2D eigenvalue weighted by Crippen LogP contribution is -2.20. The van der Waals surface area contributed by atoms with Gasteiger partial charge in [-0.2, -0.15) is 0 Å². The van der Waals surface area contributed by atoms with E-state index in [0.717, 1.165) is 10.0 Å². The Kier molecular flexibility index (Phi) is 5.47. The van der Waals surface area contributed by atoms with Crippen LogP contribution in [-0.4, -0.2) is 11.7 Å². The second-order valence-electron chi connectivity index (χ2n) is 4.45. The zero-order valence-corrected chi connectivity index (χ0v) is 13.7. The van der Waals surface area contributed by atoms with Crippen molar-refractivity contribution in [3.05, 3.63) is 68.1 Å². The zero-order valence-electron chi connectivity index (χ0n) is 10.6. The van der Waals surface area contributed by atoms with Crippen LogP contribution in [-0.2, 0) is 0 Å². The maximum Gasteiger partial charge on any atom is 0.0885 e. The summed E-state index contributed by atoms with van der Waals surface area (Å²) in [5.74, 6) is -0.262. The normalized spacial score (nSPS) is 14.1. The fourth-order valence-electron chi connectivity index (χ4n) is 2.17. The van der Waals surface area contributed by atoms with E-state index in [0.29, 0.717) is 22.2 Å². The number of nitrogens with two attached hydrogens (primary N) is 1. The number of halogens is 3. The number of aliphatic hydroxyl groups is 1. The summed E-state index contributed by atoms with van der Waals surface area (Å²) in [5, 5.41) is 11.4. The lowest BCUT2D eigenvalue weighted by atomic mass is 9.89. The fraction of sp³-hybridized carbons (Fsp3) is 0.200. The van der Waals surface area contributed by atoms with Crippen molar-refractivity contribution in [2.75, 3.05) is 6.54 Å². The third-order valence-electron chi connectivity index (χ3n) is 3.24. The number of aliphatic hydroxyl groups excluding tert-OH is 1. The van der Waals surface area contributed by atoms with Crippen molar-refractivity contribution in [1.29, 1.82) is 0 Å². The Morgan fingerprint density at radius 2 is 1.70 bits per heavy atom. The van der Waals surface area contributed by atoms with E-state index < -0.39 is 6.10 Å². The molecule has 2 unspecified atom stereocenters. The molecule has 106 valence electrons. The first kappa shape index (κ1) is 15.8. The van der Waals surface area contributed by atoms with Gasteiger partial charge in [0, 0.05) is 22.5 Å². The average Bonchev–Trinajstić information content (AvgIpc) is 2.44. The van der Waals surface area contributed by atoms with E-state index in [1.54, 1.807) is 18.2 Å². The number of rotatable bonds is 4. The molecule has 0 aliphatic heterocycles. The molecule has 0 heterocycles. The molecule has 0 aliphatic carbocycles. The van der Waals surface area contributed by atoms with Gasteiger partial charge in [0.05, 0.1) is 16.1 Å². The highest BCUT2D eigenvalue weighted by Gasteiger charge is 2.25. The second kappa shape index (κ2) is 6.92. The Morgan fingerprint density at radius 3 is 2.35 bits per heavy atom. The summed E-state index contributed by atoms with van der Waals surface area (Å²) in [6, 6.07) is 12.9. The van der Waals surface area contributed by atoms with Crippen LogP contribution in [0.3, 0.4) is 0 Å². The molecule has 2 atom stereocenters. The minimum Gasteiger partial charge on any atom is -0.388 e. The van der Waals surface area contributed by atoms with Gasteiger partial charge in [-0.25, -0.2) is 0 Å². The van der Waals surface area contributed by atoms with Crippen LogP contribution in [0.4, 0.5) is 0 Å². The summed E-state index contributed by atoms with van der Waals surface area (Å²) in [4.78, 5) is 0. The van der Waals surface area contributed by atoms with Gasteiger partial charge in [-0.15, -0.1) is 0 Å². The van der Waals surface area contributed by atoms with Crippen molar-refractivity contribution in [2.24, 2.45) is 5.73 Å². The summed E-state index contributed by atoms with van der Waals surface area (Å²) < 4.78 is 0.910. The molecule has 0 aromatic heterocycles. The standard InChI is InChI=1S/C15H14BrCl2NO/c16-12-6-2-1-4-9(12)11(8-19)15(20)10-5-3-7-13(17)14(10)18/h1-7,11,15,20H,8,19H2. The minimum absolute atomic E-state index is 0.262. The third-order valence-corrected chi connectivity index (χ3v) is 4.80. The Hall–Kier alpha value is -0.580. The number of benzene rings is 2. The molecule has 0 radical (unpaired) electrons. The van der Waals surface area contributed by atoms with Crippen molar-refractivity contribution in [3.63, 3.8) is 0 Å². The first-order valence-electron chi connectivity index (χ1n) is 6.12. The molecule has 0 saturated heterocycles. The Balaban J connectivity index is 2.42. The molecule has 0 amide bonds. The van der Waals surface area contributed by atoms with Gasteiger partial charge in [0.25, 0.3) is 0 Å². The van der Waals surface area contributed by atoms with Crippen LogP contribution in [0.15, 0.2) is 46.9 Å². The first-order chi connectivity index (χ1) is 9.56. The van der Waals surface area contributed by atoms with E-state index in [1.165, 1.54) is 0 Å². The predicted octanol–water partition coefficient (Wildman–Crippen LogP) is 4.53. The highest BCUT2D eigenvalue weighted by molar-refractivity contribution is 9.10. The van der Waals surface area contributed by atoms with Crippen LogP contribution in [0, 0.1) is 0 Å². The van der Waals surface area contributed by atoms with E-state index in [4.69, 9.17) is 28.9 Å². The summed E-state index contributed by atoms with van der Waals surface area (Å²) >= 11 is 15.7. The smallest absolute Gasteiger partial charge is 0.0885 e. The van der Waals surface area contributed by atoms with Crippen LogP contribution < -0.4 is 5.73 Å². The van der Waals surface area contributed by atoms with E-state index >= 15 is 0 Å². The average molecular weight is 375 g/mol. The Morgan fingerprint density at radius 1 is 1.05 bits per heavy atom. The summed E-state index contributed by atoms with van der Waals surface area (Å²) in [6.45, 7) is 0.298. The molecule has 0 fully saturated rings. The lowest BCUT2D eigenvalue weighted by molar-refractivity contribution is 0.147. The van der Waals surface area contributed by atoms with E-state index in [2.05, 4.69) is 15.9 Å². The van der Waals surface area contributed by atoms with Crippen molar-refractivity contribution < 1.29 is 5.11 Å². The van der Waals surface area contributed by atoms with Crippen LogP contribution in [0.2, 0.25) is 10.0 Å². The molecule has 0 bridgehead atoms. The summed E-state index contributed by atoms with van der Waals surface area (Å²) in [7, 11) is 0. The molecular weight excluding hydrogens is 361 g/mol. The van der Waals surface area contributed by atoms with Crippen LogP contribution in [0.25, 0.3) is 0 Å². The Labute approximate surface area is 136 Å². The van der Waals surface area contributed by atoms with E-state index in [1.807, 2.05) is 24.3 Å². The maximum atomic E-state index is 10.6. The summed E-state index contributed by atoms with van der Waals surface area (Å²) in [5.41, 5.74) is 7.37. The lowest BCUT2D eigenvalue weighted by Gasteiger charge is -2.24. The third kappa shape index (κ3) is 3.18. The molecule has 5 heteroatoms. The Bertz CT molecular complexity index is 606. The van der Waals surface area contributed by atoms with Crippen molar-refractivity contribution in [1.82, 2.24) is 0 Å². The fourth-order valence-corrected chi connectivity index (χ4v) is 3.17. The molecular formula is C15H14BrCl2NO. The largest absolute Gasteiger partial charge is 0.388 e. The van der Waals surface area contributed by atoms with Gasteiger partial charge in [0.15, 0.2) is 0 Å². The quantitative estimate of drug-likeness (QED) is 0.825. The molecule has 2 rings (SSSR count). The molecule has 2 nitrogen and oxygen atoms in total. The monoisotopic (exact) mass is 373 g/mol. The molecule has 0 aliphatic rings. The van der Waals surface area contributed by atoms with Crippen LogP contribution >= 0.6 is 39.1 Å². The topological polar surface area (TPSA) is 46.2 Å². The summed E-state index contributed by atoms with van der Waals surface area (Å²) in [6.07, 6.45) is -0.815. The maximum absolute atomic E-state index is 10.6. The molecule has 3 N–H and O–H groups in total. The highest BCUT2D eigenvalue weighted by Crippen LogP contribution is 2.38. The predicted molar refractivity (Wildman–Crippen MR) is 87.4 cm³/mol. The van der Waals surface area contributed by atoms with E-state index in [-0.39, 0.29) is 5.92 Å². The highest BCUT2D eigenvalue weighted by atomic mass is 79.9. The van der Waals surface area contributed by atoms with Gasteiger partial charge in [-0.05, 0) is 17.7 Å². The number of hydrogen-bond acceptors (Lipinski definition) is 2. The molecule has 20 heavy (non-hydrogen) atoms. The minimum atomic E-state index is -0.815. The van der Waals surface area contributed by atoms with Gasteiger partial charge in [-0.3, -0.25) is 0 Å². The molecule has 2 aromatic rings. The SMILES string of the molecule is NCC(c1ccccc1Br)C(O)c1cccc(Cl)c1Cl. The van der Waals surface area contributed by atoms with Crippen LogP contribution in [0.5, 0.6) is 0 Å².